The van der Waals surface area contributed by atoms with Gasteiger partial charge in [-0.15, -0.1) is 0 Å². The number of carbonyl (C=O) groups is 2. The van der Waals surface area contributed by atoms with Crippen molar-refractivity contribution >= 4 is 11.8 Å². The minimum Gasteiger partial charge on any atom is -0.465 e. The molecule has 25 heavy (non-hydrogen) atoms. The van der Waals surface area contributed by atoms with Gasteiger partial charge in [-0.2, -0.15) is 5.10 Å². The van der Waals surface area contributed by atoms with Gasteiger partial charge in [0.1, 0.15) is 5.92 Å². The van der Waals surface area contributed by atoms with Gasteiger partial charge in [-0.05, 0) is 24.6 Å². The van der Waals surface area contributed by atoms with E-state index < -0.39 is 11.9 Å². The zero-order chi connectivity index (χ0) is 17.6. The predicted octanol–water partition coefficient (Wildman–Crippen LogP) is 3.40. The quantitative estimate of drug-likeness (QED) is 0.394. The number of para-hydroxylation sites is 1. The summed E-state index contributed by atoms with van der Waals surface area (Å²) >= 11 is 0. The van der Waals surface area contributed by atoms with E-state index in [1.807, 2.05) is 18.2 Å². The van der Waals surface area contributed by atoms with Gasteiger partial charge in [0, 0.05) is 18.0 Å². The molecule has 1 unspecified atom stereocenters. The molecule has 5 nitrogen and oxygen atoms in total. The molecule has 3 rings (SSSR count). The van der Waals surface area contributed by atoms with Crippen molar-refractivity contribution in [2.24, 2.45) is 0 Å². The average molecular weight is 334 g/mol. The second-order valence-electron chi connectivity index (χ2n) is 5.42. The molecule has 0 bridgehead atoms. The summed E-state index contributed by atoms with van der Waals surface area (Å²) in [5.74, 6) is -1.89. The molecule has 2 aromatic carbocycles. The Bertz CT molecular complexity index is 858. The van der Waals surface area contributed by atoms with Crippen LogP contribution in [0.15, 0.2) is 73.1 Å². The Labute approximate surface area is 145 Å². The van der Waals surface area contributed by atoms with Crippen LogP contribution in [0.5, 0.6) is 0 Å². The summed E-state index contributed by atoms with van der Waals surface area (Å²) in [6, 6.07) is 17.8. The highest BCUT2D eigenvalue weighted by Gasteiger charge is 2.32. The molecule has 5 heteroatoms. The van der Waals surface area contributed by atoms with Gasteiger partial charge < -0.3 is 4.74 Å². The van der Waals surface area contributed by atoms with Crippen LogP contribution in [0.3, 0.4) is 0 Å². The average Bonchev–Trinajstić information content (AvgIpc) is 3.18. The van der Waals surface area contributed by atoms with E-state index in [4.69, 9.17) is 4.74 Å². The number of nitrogens with zero attached hydrogens (tertiary/aromatic N) is 2. The van der Waals surface area contributed by atoms with E-state index in [1.165, 1.54) is 0 Å². The number of esters is 1. The molecule has 0 aliphatic rings. The van der Waals surface area contributed by atoms with Crippen molar-refractivity contribution in [3.63, 3.8) is 0 Å². The molecule has 0 aliphatic carbocycles. The Morgan fingerprint density at radius 2 is 1.76 bits per heavy atom. The van der Waals surface area contributed by atoms with Crippen LogP contribution in [0.2, 0.25) is 0 Å². The third kappa shape index (κ3) is 3.50. The maximum atomic E-state index is 13.1. The Morgan fingerprint density at radius 3 is 2.44 bits per heavy atom. The molecular weight excluding hydrogens is 316 g/mol. The van der Waals surface area contributed by atoms with Crippen LogP contribution < -0.4 is 0 Å². The van der Waals surface area contributed by atoms with Gasteiger partial charge in [-0.3, -0.25) is 9.59 Å². The lowest BCUT2D eigenvalue weighted by Gasteiger charge is -2.18. The molecule has 0 fully saturated rings. The number of hydrogen-bond donors (Lipinski definition) is 0. The summed E-state index contributed by atoms with van der Waals surface area (Å²) in [6.07, 6.45) is 3.42. The van der Waals surface area contributed by atoms with Crippen molar-refractivity contribution in [2.75, 3.05) is 6.61 Å². The summed E-state index contributed by atoms with van der Waals surface area (Å²) in [5, 5.41) is 4.22. The van der Waals surface area contributed by atoms with Crippen LogP contribution in [0, 0.1) is 0 Å². The standard InChI is InChI=1S/C20H18N2O3/c1-2-25-20(24)18(19(23)15-9-4-3-5-10-15)16-11-6-7-12-17(16)22-14-8-13-21-22/h3-14,18H,2H2,1H3. The summed E-state index contributed by atoms with van der Waals surface area (Å²) in [6.45, 7) is 1.93. The van der Waals surface area contributed by atoms with Crippen LogP contribution >= 0.6 is 0 Å². The first-order chi connectivity index (χ1) is 12.2. The van der Waals surface area contributed by atoms with E-state index in [1.54, 1.807) is 66.5 Å². The molecule has 0 radical (unpaired) electrons. The molecule has 0 saturated carbocycles. The molecule has 0 aliphatic heterocycles. The molecule has 0 N–H and O–H groups in total. The van der Waals surface area contributed by atoms with Gasteiger partial charge in [0.25, 0.3) is 0 Å². The number of benzene rings is 2. The smallest absolute Gasteiger partial charge is 0.321 e. The van der Waals surface area contributed by atoms with Gasteiger partial charge in [0.05, 0.1) is 12.3 Å². The molecule has 1 atom stereocenters. The Morgan fingerprint density at radius 1 is 1.04 bits per heavy atom. The maximum absolute atomic E-state index is 13.1. The van der Waals surface area contributed by atoms with Crippen LogP contribution in [0.25, 0.3) is 5.69 Å². The lowest BCUT2D eigenvalue weighted by atomic mass is 9.89. The van der Waals surface area contributed by atoms with Crippen molar-refractivity contribution in [3.05, 3.63) is 84.2 Å². The summed E-state index contributed by atoms with van der Waals surface area (Å²) in [4.78, 5) is 25.7. The van der Waals surface area contributed by atoms with Crippen LogP contribution in [-0.2, 0) is 9.53 Å². The van der Waals surface area contributed by atoms with Gasteiger partial charge in [0.15, 0.2) is 5.78 Å². The molecule has 1 heterocycles. The molecule has 0 amide bonds. The van der Waals surface area contributed by atoms with Gasteiger partial charge in [-0.25, -0.2) is 4.68 Å². The highest BCUT2D eigenvalue weighted by atomic mass is 16.5. The summed E-state index contributed by atoms with van der Waals surface area (Å²) in [7, 11) is 0. The molecule has 0 spiro atoms. The molecule has 3 aromatic rings. The minimum atomic E-state index is -1.04. The first-order valence-corrected chi connectivity index (χ1v) is 8.07. The minimum absolute atomic E-state index is 0.210. The third-order valence-electron chi connectivity index (χ3n) is 3.84. The van der Waals surface area contributed by atoms with Gasteiger partial charge >= 0.3 is 5.97 Å². The largest absolute Gasteiger partial charge is 0.465 e. The van der Waals surface area contributed by atoms with E-state index >= 15 is 0 Å². The zero-order valence-corrected chi connectivity index (χ0v) is 13.8. The number of ketones is 1. The van der Waals surface area contributed by atoms with E-state index in [9.17, 15) is 9.59 Å². The lowest BCUT2D eigenvalue weighted by Crippen LogP contribution is -2.25. The normalized spacial score (nSPS) is 11.7. The first-order valence-electron chi connectivity index (χ1n) is 8.07. The summed E-state index contributed by atoms with van der Waals surface area (Å²) < 4.78 is 6.82. The van der Waals surface area contributed by atoms with Crippen LogP contribution in [-0.4, -0.2) is 28.1 Å². The van der Waals surface area contributed by atoms with E-state index in [-0.39, 0.29) is 12.4 Å². The third-order valence-corrected chi connectivity index (χ3v) is 3.84. The van der Waals surface area contributed by atoms with Crippen molar-refractivity contribution in [1.82, 2.24) is 9.78 Å². The highest BCUT2D eigenvalue weighted by Crippen LogP contribution is 2.28. The lowest BCUT2D eigenvalue weighted by molar-refractivity contribution is -0.143. The Balaban J connectivity index is 2.10. The van der Waals surface area contributed by atoms with E-state index in [0.29, 0.717) is 16.8 Å². The van der Waals surface area contributed by atoms with Crippen LogP contribution in [0.4, 0.5) is 0 Å². The van der Waals surface area contributed by atoms with Crippen molar-refractivity contribution < 1.29 is 14.3 Å². The fourth-order valence-corrected chi connectivity index (χ4v) is 2.72. The SMILES string of the molecule is CCOC(=O)C(C(=O)c1ccccc1)c1ccccc1-n1cccn1. The second kappa shape index (κ2) is 7.57. The van der Waals surface area contributed by atoms with E-state index in [2.05, 4.69) is 5.10 Å². The monoisotopic (exact) mass is 334 g/mol. The fraction of sp³-hybridized carbons (Fsp3) is 0.150. The fourth-order valence-electron chi connectivity index (χ4n) is 2.72. The Hall–Kier alpha value is -3.21. The molecule has 0 saturated heterocycles. The number of hydrogen-bond acceptors (Lipinski definition) is 4. The molecule has 126 valence electrons. The molecular formula is C20H18N2O3. The topological polar surface area (TPSA) is 61.2 Å². The first kappa shape index (κ1) is 16.6. The number of ether oxygens (including phenoxy) is 1. The highest BCUT2D eigenvalue weighted by molar-refractivity contribution is 6.13. The number of carbonyl (C=O) groups excluding carboxylic acids is 2. The Kier molecular flexibility index (Phi) is 5.04. The van der Waals surface area contributed by atoms with Gasteiger partial charge in [-0.1, -0.05) is 48.5 Å². The van der Waals surface area contributed by atoms with Crippen molar-refractivity contribution in [1.29, 1.82) is 0 Å². The van der Waals surface area contributed by atoms with Crippen LogP contribution in [0.1, 0.15) is 28.8 Å². The number of aromatic nitrogens is 2. The second-order valence-corrected chi connectivity index (χ2v) is 5.42. The molecule has 1 aromatic heterocycles. The number of Topliss-reactive ketones (excluding diaryl/α,β-unsaturated/α-hetero) is 1. The van der Waals surface area contributed by atoms with E-state index in [0.717, 1.165) is 0 Å². The van der Waals surface area contributed by atoms with Gasteiger partial charge in [0.2, 0.25) is 0 Å². The number of rotatable bonds is 6. The summed E-state index contributed by atoms with van der Waals surface area (Å²) in [5.41, 5.74) is 1.71. The van der Waals surface area contributed by atoms with Crippen molar-refractivity contribution in [3.8, 4) is 5.69 Å². The zero-order valence-electron chi connectivity index (χ0n) is 13.8. The maximum Gasteiger partial charge on any atom is 0.321 e. The predicted molar refractivity (Wildman–Crippen MR) is 93.7 cm³/mol. The van der Waals surface area contributed by atoms with Crippen molar-refractivity contribution in [2.45, 2.75) is 12.8 Å².